The molecule has 3 aromatic carbocycles. The molecule has 0 saturated carbocycles. The van der Waals surface area contributed by atoms with E-state index >= 15 is 0 Å². The largest absolute Gasteiger partial charge is 0.485 e. The lowest BCUT2D eigenvalue weighted by atomic mass is 10.1. The molecule has 0 radical (unpaired) electrons. The maximum atomic E-state index is 13.0. The molecule has 4 nitrogen and oxygen atoms in total. The Bertz CT molecular complexity index is 1240. The molecule has 0 fully saturated rings. The second kappa shape index (κ2) is 7.89. The molecule has 0 aliphatic rings. The van der Waals surface area contributed by atoms with Gasteiger partial charge in [-0.05, 0) is 54.1 Å². The molecule has 0 atom stereocenters. The summed E-state index contributed by atoms with van der Waals surface area (Å²) in [5, 5.41) is 0.977. The van der Waals surface area contributed by atoms with Crippen molar-refractivity contribution >= 4 is 28.4 Å². The monoisotopic (exact) mass is 408 g/mol. The summed E-state index contributed by atoms with van der Waals surface area (Å²) in [7, 11) is 0. The van der Waals surface area contributed by atoms with Crippen LogP contribution in [0, 0.1) is 5.82 Å². The van der Waals surface area contributed by atoms with Crippen LogP contribution in [0.5, 0.6) is 5.75 Å². The minimum absolute atomic E-state index is 0.178. The number of hydrogen-bond donors (Lipinski definition) is 0. The second-order valence-electron chi connectivity index (χ2n) is 6.36. The number of carbonyl (C=O) groups excluding carboxylic acids is 1. The van der Waals surface area contributed by atoms with E-state index in [9.17, 15) is 14.0 Å². The summed E-state index contributed by atoms with van der Waals surface area (Å²) >= 11 is 5.89. The number of fused-ring (bicyclic) bond motifs is 1. The Morgan fingerprint density at radius 3 is 2.45 bits per heavy atom. The van der Waals surface area contributed by atoms with Gasteiger partial charge in [-0.1, -0.05) is 23.7 Å². The maximum absolute atomic E-state index is 13.0. The summed E-state index contributed by atoms with van der Waals surface area (Å²) in [6, 6.07) is 16.9. The molecule has 0 bridgehead atoms. The Morgan fingerprint density at radius 1 is 1.00 bits per heavy atom. The van der Waals surface area contributed by atoms with E-state index in [2.05, 4.69) is 0 Å². The van der Waals surface area contributed by atoms with Gasteiger partial charge in [0.1, 0.15) is 23.4 Å². The zero-order valence-corrected chi connectivity index (χ0v) is 15.8. The quantitative estimate of drug-likeness (QED) is 0.408. The topological polar surface area (TPSA) is 56.5 Å². The number of Topliss-reactive ketones (excluding diaryl/α,β-unsaturated/α-hetero) is 1. The Labute approximate surface area is 170 Å². The third-order valence-electron chi connectivity index (χ3n) is 4.44. The van der Waals surface area contributed by atoms with Gasteiger partial charge in [0.15, 0.2) is 17.8 Å². The Balaban J connectivity index is 1.56. The number of hydrogen-bond acceptors (Lipinski definition) is 4. The zero-order valence-electron chi connectivity index (χ0n) is 15.0. The number of ketones is 1. The summed E-state index contributed by atoms with van der Waals surface area (Å²) in [6.07, 6.45) is 1.39. The number of halogens is 2. The van der Waals surface area contributed by atoms with Crippen molar-refractivity contribution in [2.24, 2.45) is 0 Å². The Morgan fingerprint density at radius 2 is 1.72 bits per heavy atom. The van der Waals surface area contributed by atoms with Crippen LogP contribution in [0.15, 0.2) is 82.2 Å². The average Bonchev–Trinajstić information content (AvgIpc) is 2.73. The van der Waals surface area contributed by atoms with E-state index in [1.54, 1.807) is 42.5 Å². The van der Waals surface area contributed by atoms with Crippen LogP contribution in [-0.2, 0) is 0 Å². The molecule has 1 heterocycles. The van der Waals surface area contributed by atoms with E-state index in [0.717, 1.165) is 0 Å². The van der Waals surface area contributed by atoms with Gasteiger partial charge in [-0.25, -0.2) is 4.39 Å². The first-order valence-electron chi connectivity index (χ1n) is 8.74. The fraction of sp³-hybridized carbons (Fsp3) is 0.0435. The molecule has 29 heavy (non-hydrogen) atoms. The van der Waals surface area contributed by atoms with Gasteiger partial charge in [-0.15, -0.1) is 0 Å². The molecule has 6 heteroatoms. The van der Waals surface area contributed by atoms with Crippen LogP contribution in [0.2, 0.25) is 5.02 Å². The lowest BCUT2D eigenvalue weighted by Gasteiger charge is -2.07. The number of rotatable bonds is 5. The van der Waals surface area contributed by atoms with Crippen molar-refractivity contribution in [1.29, 1.82) is 0 Å². The van der Waals surface area contributed by atoms with Gasteiger partial charge in [0.25, 0.3) is 0 Å². The summed E-state index contributed by atoms with van der Waals surface area (Å²) in [5.74, 6) is -0.315. The van der Waals surface area contributed by atoms with Crippen molar-refractivity contribution in [3.8, 4) is 16.9 Å². The fourth-order valence-corrected chi connectivity index (χ4v) is 3.02. The van der Waals surface area contributed by atoms with Crippen molar-refractivity contribution in [2.45, 2.75) is 0 Å². The van der Waals surface area contributed by atoms with Gasteiger partial charge in [-0.2, -0.15) is 0 Å². The first-order valence-corrected chi connectivity index (χ1v) is 9.12. The first-order chi connectivity index (χ1) is 14.0. The van der Waals surface area contributed by atoms with E-state index in [1.165, 1.54) is 30.5 Å². The van der Waals surface area contributed by atoms with Crippen molar-refractivity contribution in [3.05, 3.63) is 99.6 Å². The molecule has 4 aromatic rings. The molecule has 0 saturated heterocycles. The summed E-state index contributed by atoms with van der Waals surface area (Å²) < 4.78 is 24.1. The summed E-state index contributed by atoms with van der Waals surface area (Å²) in [5.41, 5.74) is 1.65. The molecule has 1 aromatic heterocycles. The Hall–Kier alpha value is -3.44. The predicted molar refractivity (Wildman–Crippen MR) is 109 cm³/mol. The van der Waals surface area contributed by atoms with E-state index < -0.39 is 5.82 Å². The molecule has 0 spiro atoms. The van der Waals surface area contributed by atoms with Gasteiger partial charge in [0, 0.05) is 16.7 Å². The van der Waals surface area contributed by atoms with Gasteiger partial charge >= 0.3 is 0 Å². The van der Waals surface area contributed by atoms with Gasteiger partial charge in [0.05, 0.1) is 10.9 Å². The molecular weight excluding hydrogens is 395 g/mol. The highest BCUT2D eigenvalue weighted by atomic mass is 35.5. The highest BCUT2D eigenvalue weighted by Crippen LogP contribution is 2.24. The standard InChI is InChI=1S/C23H14ClFO4/c24-16-5-1-14(2-6-16)20-12-29-22-11-18(9-10-19(22)23(20)27)28-13-21(26)15-3-7-17(25)8-4-15/h1-12H,13H2. The van der Waals surface area contributed by atoms with Crippen LogP contribution in [0.3, 0.4) is 0 Å². The minimum atomic E-state index is -0.412. The predicted octanol–water partition coefficient (Wildman–Crippen LogP) is 5.51. The normalized spacial score (nSPS) is 10.8. The number of ether oxygens (including phenoxy) is 1. The van der Waals surface area contributed by atoms with Gasteiger partial charge in [0.2, 0.25) is 0 Å². The second-order valence-corrected chi connectivity index (χ2v) is 6.80. The maximum Gasteiger partial charge on any atom is 0.200 e. The number of carbonyl (C=O) groups is 1. The molecule has 0 aliphatic carbocycles. The molecule has 0 unspecified atom stereocenters. The van der Waals surface area contributed by atoms with Crippen LogP contribution in [-0.4, -0.2) is 12.4 Å². The van der Waals surface area contributed by atoms with Crippen LogP contribution in [0.4, 0.5) is 4.39 Å². The Kier molecular flexibility index (Phi) is 5.14. The molecule has 4 rings (SSSR count). The fourth-order valence-electron chi connectivity index (χ4n) is 2.90. The van der Waals surface area contributed by atoms with Crippen LogP contribution >= 0.6 is 11.6 Å². The SMILES string of the molecule is O=C(COc1ccc2c(=O)c(-c3ccc(Cl)cc3)coc2c1)c1ccc(F)cc1. The van der Waals surface area contributed by atoms with Crippen molar-refractivity contribution < 1.29 is 18.3 Å². The highest BCUT2D eigenvalue weighted by molar-refractivity contribution is 6.30. The highest BCUT2D eigenvalue weighted by Gasteiger charge is 2.12. The van der Waals surface area contributed by atoms with Crippen LogP contribution in [0.25, 0.3) is 22.1 Å². The van der Waals surface area contributed by atoms with Crippen LogP contribution in [0.1, 0.15) is 10.4 Å². The molecule has 0 amide bonds. The van der Waals surface area contributed by atoms with Crippen molar-refractivity contribution in [2.75, 3.05) is 6.61 Å². The molecule has 0 N–H and O–H groups in total. The summed E-state index contributed by atoms with van der Waals surface area (Å²) in [6.45, 7) is -0.218. The van der Waals surface area contributed by atoms with Gasteiger partial charge < -0.3 is 9.15 Å². The molecular formula is C23H14ClFO4. The van der Waals surface area contributed by atoms with Crippen molar-refractivity contribution in [1.82, 2.24) is 0 Å². The van der Waals surface area contributed by atoms with E-state index in [4.69, 9.17) is 20.8 Å². The third kappa shape index (κ3) is 4.05. The van der Waals surface area contributed by atoms with E-state index in [0.29, 0.717) is 38.4 Å². The lowest BCUT2D eigenvalue weighted by Crippen LogP contribution is -2.11. The first kappa shape index (κ1) is 18.9. The average molecular weight is 409 g/mol. The summed E-state index contributed by atoms with van der Waals surface area (Å²) in [4.78, 5) is 24.9. The van der Waals surface area contributed by atoms with Crippen molar-refractivity contribution in [3.63, 3.8) is 0 Å². The minimum Gasteiger partial charge on any atom is -0.485 e. The zero-order chi connectivity index (χ0) is 20.4. The molecule has 0 aliphatic heterocycles. The van der Waals surface area contributed by atoms with E-state index in [1.807, 2.05) is 0 Å². The smallest absolute Gasteiger partial charge is 0.200 e. The van der Waals surface area contributed by atoms with Crippen LogP contribution < -0.4 is 10.2 Å². The van der Waals surface area contributed by atoms with E-state index in [-0.39, 0.29) is 17.8 Å². The van der Waals surface area contributed by atoms with Gasteiger partial charge in [-0.3, -0.25) is 9.59 Å². The number of benzene rings is 3. The molecule has 144 valence electrons. The lowest BCUT2D eigenvalue weighted by molar-refractivity contribution is 0.0921. The third-order valence-corrected chi connectivity index (χ3v) is 4.69.